The highest BCUT2D eigenvalue weighted by atomic mass is 32.1. The summed E-state index contributed by atoms with van der Waals surface area (Å²) in [7, 11) is 0. The summed E-state index contributed by atoms with van der Waals surface area (Å²) in [6.07, 6.45) is 0. The minimum atomic E-state index is -0.0392. The molecule has 0 saturated carbocycles. The van der Waals surface area contributed by atoms with Crippen molar-refractivity contribution in [3.8, 4) is 0 Å². The van der Waals surface area contributed by atoms with Gasteiger partial charge in [-0.05, 0) is 42.5 Å². The van der Waals surface area contributed by atoms with E-state index in [1.807, 2.05) is 36.4 Å². The fourth-order valence-corrected chi connectivity index (χ4v) is 4.32. The number of amides is 1. The largest absolute Gasteiger partial charge is 0.347 e. The van der Waals surface area contributed by atoms with Crippen molar-refractivity contribution in [2.24, 2.45) is 0 Å². The number of carbonyl (C=O) groups is 1. The molecule has 27 heavy (non-hydrogen) atoms. The van der Waals surface area contributed by atoms with Gasteiger partial charge in [-0.15, -0.1) is 11.3 Å². The lowest BCUT2D eigenvalue weighted by Crippen LogP contribution is -2.26. The maximum atomic E-state index is 13.0. The fraction of sp³-hybridized carbons (Fsp3) is 0.174. The van der Waals surface area contributed by atoms with Crippen LogP contribution in [0.1, 0.15) is 40.1 Å². The van der Waals surface area contributed by atoms with Gasteiger partial charge in [-0.3, -0.25) is 4.79 Å². The molecule has 1 N–H and O–H groups in total. The van der Waals surface area contributed by atoms with Crippen LogP contribution in [0.3, 0.4) is 0 Å². The van der Waals surface area contributed by atoms with Gasteiger partial charge in [-0.1, -0.05) is 60.2 Å². The number of nitrogens with one attached hydrogen (secondary N) is 1. The first-order chi connectivity index (χ1) is 13.1. The van der Waals surface area contributed by atoms with Crippen molar-refractivity contribution in [2.45, 2.75) is 26.4 Å². The van der Waals surface area contributed by atoms with Gasteiger partial charge in [0.15, 0.2) is 0 Å². The van der Waals surface area contributed by atoms with Crippen LogP contribution < -0.4 is 5.32 Å². The number of fused-ring (bicyclic) bond motifs is 1. The molecule has 0 aliphatic carbocycles. The average Bonchev–Trinajstić information content (AvgIpc) is 3.27. The van der Waals surface area contributed by atoms with Crippen LogP contribution in [0.5, 0.6) is 0 Å². The van der Waals surface area contributed by atoms with Gasteiger partial charge in [-0.2, -0.15) is 0 Å². The Labute approximate surface area is 163 Å². The molecule has 0 unspecified atom stereocenters. The molecule has 1 atom stereocenters. The zero-order chi connectivity index (χ0) is 18.8. The standard InChI is InChI=1S/C23H22N2OS/c1-16-7-6-8-18(13-16)15-24-23(26)21-14-22-20(11-12-27-22)25(21)17(2)19-9-4-3-5-10-19/h3-14,17H,15H2,1-2H3,(H,24,26)/t17-/m1/s1. The van der Waals surface area contributed by atoms with Gasteiger partial charge in [0, 0.05) is 6.54 Å². The number of aromatic nitrogens is 1. The molecule has 2 aromatic carbocycles. The Bertz CT molecular complexity index is 1080. The Balaban J connectivity index is 1.65. The summed E-state index contributed by atoms with van der Waals surface area (Å²) < 4.78 is 3.28. The lowest BCUT2D eigenvalue weighted by Gasteiger charge is -2.19. The third-order valence-electron chi connectivity index (χ3n) is 4.90. The van der Waals surface area contributed by atoms with Crippen molar-refractivity contribution < 1.29 is 4.79 Å². The summed E-state index contributed by atoms with van der Waals surface area (Å²) in [6.45, 7) is 4.73. The van der Waals surface area contributed by atoms with Crippen molar-refractivity contribution in [1.29, 1.82) is 0 Å². The molecule has 136 valence electrons. The molecular formula is C23H22N2OS. The monoisotopic (exact) mass is 374 g/mol. The van der Waals surface area contributed by atoms with Crippen LogP contribution >= 0.6 is 11.3 Å². The highest BCUT2D eigenvalue weighted by Gasteiger charge is 2.21. The fourth-order valence-electron chi connectivity index (χ4n) is 3.51. The first-order valence-corrected chi connectivity index (χ1v) is 9.98. The van der Waals surface area contributed by atoms with E-state index in [9.17, 15) is 4.79 Å². The summed E-state index contributed by atoms with van der Waals surface area (Å²) in [5, 5.41) is 5.16. The summed E-state index contributed by atoms with van der Waals surface area (Å²) in [6, 6.07) is 22.7. The molecule has 0 fully saturated rings. The van der Waals surface area contributed by atoms with Crippen LogP contribution in [0.2, 0.25) is 0 Å². The second kappa shape index (κ2) is 7.41. The molecule has 4 aromatic rings. The SMILES string of the molecule is Cc1cccc(CNC(=O)c2cc3sccc3n2[C@H](C)c2ccccc2)c1. The number of hydrogen-bond acceptors (Lipinski definition) is 2. The van der Waals surface area contributed by atoms with E-state index in [4.69, 9.17) is 0 Å². The summed E-state index contributed by atoms with van der Waals surface area (Å²) in [5.41, 5.74) is 5.31. The van der Waals surface area contributed by atoms with E-state index in [0.717, 1.165) is 15.8 Å². The number of thiophene rings is 1. The Kier molecular flexibility index (Phi) is 4.82. The van der Waals surface area contributed by atoms with Gasteiger partial charge in [0.05, 0.1) is 16.3 Å². The van der Waals surface area contributed by atoms with Crippen molar-refractivity contribution in [1.82, 2.24) is 9.88 Å². The second-order valence-corrected chi connectivity index (χ2v) is 7.78. The molecule has 3 nitrogen and oxygen atoms in total. The van der Waals surface area contributed by atoms with Crippen LogP contribution in [-0.2, 0) is 6.54 Å². The molecule has 2 aromatic heterocycles. The van der Waals surface area contributed by atoms with Crippen molar-refractivity contribution in [3.05, 3.63) is 94.5 Å². The van der Waals surface area contributed by atoms with Gasteiger partial charge in [0.25, 0.3) is 5.91 Å². The maximum absolute atomic E-state index is 13.0. The molecule has 0 saturated heterocycles. The topological polar surface area (TPSA) is 34.0 Å². The summed E-state index contributed by atoms with van der Waals surface area (Å²) in [5.74, 6) is -0.0392. The normalized spacial score (nSPS) is 12.2. The summed E-state index contributed by atoms with van der Waals surface area (Å²) in [4.78, 5) is 13.0. The Morgan fingerprint density at radius 1 is 1.07 bits per heavy atom. The van der Waals surface area contributed by atoms with Gasteiger partial charge in [0.2, 0.25) is 0 Å². The number of carbonyl (C=O) groups excluding carboxylic acids is 1. The number of rotatable bonds is 5. The minimum absolute atomic E-state index is 0.0392. The zero-order valence-corrected chi connectivity index (χ0v) is 16.3. The Morgan fingerprint density at radius 2 is 1.89 bits per heavy atom. The molecule has 0 radical (unpaired) electrons. The first kappa shape index (κ1) is 17.6. The molecule has 4 rings (SSSR count). The Hall–Kier alpha value is -2.85. The molecule has 0 aliphatic rings. The van der Waals surface area contributed by atoms with E-state index in [2.05, 4.69) is 59.4 Å². The molecule has 0 spiro atoms. The van der Waals surface area contributed by atoms with Crippen molar-refractivity contribution >= 4 is 27.5 Å². The van der Waals surface area contributed by atoms with Crippen LogP contribution in [0.4, 0.5) is 0 Å². The van der Waals surface area contributed by atoms with Crippen molar-refractivity contribution in [3.63, 3.8) is 0 Å². The third kappa shape index (κ3) is 3.53. The zero-order valence-electron chi connectivity index (χ0n) is 15.5. The molecule has 0 bridgehead atoms. The first-order valence-electron chi connectivity index (χ1n) is 9.10. The van der Waals surface area contributed by atoms with E-state index in [1.165, 1.54) is 11.1 Å². The smallest absolute Gasteiger partial charge is 0.268 e. The predicted molar refractivity (Wildman–Crippen MR) is 112 cm³/mol. The van der Waals surface area contributed by atoms with Gasteiger partial charge in [0.1, 0.15) is 5.69 Å². The molecule has 0 aliphatic heterocycles. The highest BCUT2D eigenvalue weighted by Crippen LogP contribution is 2.31. The number of hydrogen-bond donors (Lipinski definition) is 1. The van der Waals surface area contributed by atoms with Crippen molar-refractivity contribution in [2.75, 3.05) is 0 Å². The lowest BCUT2D eigenvalue weighted by atomic mass is 10.1. The molecule has 4 heteroatoms. The van der Waals surface area contributed by atoms with E-state index >= 15 is 0 Å². The quantitative estimate of drug-likeness (QED) is 0.488. The molecule has 2 heterocycles. The van der Waals surface area contributed by atoms with Crippen LogP contribution in [0.15, 0.2) is 72.1 Å². The summed E-state index contributed by atoms with van der Waals surface area (Å²) >= 11 is 1.67. The number of aryl methyl sites for hydroxylation is 1. The van der Waals surface area contributed by atoms with Gasteiger partial charge in [-0.25, -0.2) is 0 Å². The lowest BCUT2D eigenvalue weighted by molar-refractivity contribution is 0.0941. The third-order valence-corrected chi connectivity index (χ3v) is 5.75. The van der Waals surface area contributed by atoms with Crippen LogP contribution in [0.25, 0.3) is 10.2 Å². The molecular weight excluding hydrogens is 352 g/mol. The maximum Gasteiger partial charge on any atom is 0.268 e. The minimum Gasteiger partial charge on any atom is -0.347 e. The van der Waals surface area contributed by atoms with Crippen LogP contribution in [-0.4, -0.2) is 10.5 Å². The highest BCUT2D eigenvalue weighted by molar-refractivity contribution is 7.17. The van der Waals surface area contributed by atoms with Crippen LogP contribution in [0, 0.1) is 6.92 Å². The predicted octanol–water partition coefficient (Wildman–Crippen LogP) is 5.55. The van der Waals surface area contributed by atoms with E-state index in [-0.39, 0.29) is 11.9 Å². The Morgan fingerprint density at radius 3 is 2.67 bits per heavy atom. The second-order valence-electron chi connectivity index (χ2n) is 6.83. The van der Waals surface area contributed by atoms with Gasteiger partial charge >= 0.3 is 0 Å². The number of nitrogens with zero attached hydrogens (tertiary/aromatic N) is 1. The molecule has 1 amide bonds. The van der Waals surface area contributed by atoms with Gasteiger partial charge < -0.3 is 9.88 Å². The van der Waals surface area contributed by atoms with E-state index < -0.39 is 0 Å². The number of benzene rings is 2. The van der Waals surface area contributed by atoms with E-state index in [1.54, 1.807) is 11.3 Å². The average molecular weight is 375 g/mol. The van der Waals surface area contributed by atoms with E-state index in [0.29, 0.717) is 12.2 Å².